The first-order chi connectivity index (χ1) is 9.08. The van der Waals surface area contributed by atoms with Gasteiger partial charge < -0.3 is 10.1 Å². The van der Waals surface area contributed by atoms with Crippen LogP contribution in [0, 0.1) is 5.82 Å². The molecule has 0 spiro atoms. The van der Waals surface area contributed by atoms with Gasteiger partial charge in [0.25, 0.3) is 0 Å². The monoisotopic (exact) mass is 343 g/mol. The van der Waals surface area contributed by atoms with Gasteiger partial charge in [-0.3, -0.25) is 0 Å². The topological polar surface area (TPSA) is 21.3 Å². The van der Waals surface area contributed by atoms with Gasteiger partial charge in [-0.15, -0.1) is 0 Å². The second-order valence-corrected chi connectivity index (χ2v) is 5.32. The van der Waals surface area contributed by atoms with Gasteiger partial charge in [-0.2, -0.15) is 0 Å². The molecule has 5 heteroatoms. The minimum Gasteiger partial charge on any atom is -0.497 e. The highest BCUT2D eigenvalue weighted by Crippen LogP contribution is 2.25. The Kier molecular flexibility index (Phi) is 4.66. The molecule has 19 heavy (non-hydrogen) atoms. The predicted octanol–water partition coefficient (Wildman–Crippen LogP) is 4.86. The van der Waals surface area contributed by atoms with E-state index in [9.17, 15) is 4.39 Å². The molecule has 1 N–H and O–H groups in total. The Bertz CT molecular complexity index is 592. The third-order valence-corrected chi connectivity index (χ3v) is 3.30. The molecule has 0 saturated carbocycles. The number of halogens is 3. The van der Waals surface area contributed by atoms with E-state index in [-0.39, 0.29) is 5.82 Å². The van der Waals surface area contributed by atoms with Crippen molar-refractivity contribution in [2.45, 2.75) is 6.54 Å². The van der Waals surface area contributed by atoms with E-state index in [1.165, 1.54) is 6.07 Å². The van der Waals surface area contributed by atoms with E-state index < -0.39 is 0 Å². The summed E-state index contributed by atoms with van der Waals surface area (Å²) in [6.07, 6.45) is 0. The number of rotatable bonds is 4. The molecular weight excluding hydrogens is 333 g/mol. The summed E-state index contributed by atoms with van der Waals surface area (Å²) >= 11 is 9.10. The van der Waals surface area contributed by atoms with Crippen LogP contribution in [0.3, 0.4) is 0 Å². The minimum absolute atomic E-state index is 0.318. The van der Waals surface area contributed by atoms with E-state index in [1.54, 1.807) is 19.2 Å². The average molecular weight is 345 g/mol. The van der Waals surface area contributed by atoms with Crippen LogP contribution in [0.25, 0.3) is 0 Å². The highest BCUT2D eigenvalue weighted by atomic mass is 79.9. The van der Waals surface area contributed by atoms with Gasteiger partial charge in [-0.25, -0.2) is 4.39 Å². The molecule has 0 unspecified atom stereocenters. The molecule has 0 saturated heterocycles. The zero-order valence-electron chi connectivity index (χ0n) is 10.2. The zero-order chi connectivity index (χ0) is 13.8. The number of ether oxygens (including phenoxy) is 1. The fourth-order valence-electron chi connectivity index (χ4n) is 1.64. The second kappa shape index (κ2) is 6.26. The molecule has 0 aromatic heterocycles. The Hall–Kier alpha value is -1.26. The zero-order valence-corrected chi connectivity index (χ0v) is 12.6. The van der Waals surface area contributed by atoms with Crippen molar-refractivity contribution in [1.82, 2.24) is 0 Å². The number of anilines is 1. The summed E-state index contributed by atoms with van der Waals surface area (Å²) in [6, 6.07) is 10.2. The first kappa shape index (κ1) is 14.2. The molecule has 0 fully saturated rings. The summed E-state index contributed by atoms with van der Waals surface area (Å²) in [7, 11) is 1.60. The van der Waals surface area contributed by atoms with Gasteiger partial charge in [0.2, 0.25) is 0 Å². The summed E-state index contributed by atoms with van der Waals surface area (Å²) in [5.74, 6) is 0.412. The smallest absolute Gasteiger partial charge is 0.129 e. The number of methoxy groups -OCH3 is 1. The van der Waals surface area contributed by atoms with Gasteiger partial charge >= 0.3 is 0 Å². The normalized spacial score (nSPS) is 10.3. The van der Waals surface area contributed by atoms with Gasteiger partial charge in [-0.1, -0.05) is 33.6 Å². The lowest BCUT2D eigenvalue weighted by molar-refractivity contribution is 0.414. The summed E-state index contributed by atoms with van der Waals surface area (Å²) in [5, 5.41) is 3.54. The van der Waals surface area contributed by atoms with Crippen LogP contribution in [0.15, 0.2) is 40.9 Å². The first-order valence-electron chi connectivity index (χ1n) is 5.61. The van der Waals surface area contributed by atoms with Crippen LogP contribution in [0.4, 0.5) is 10.1 Å². The largest absolute Gasteiger partial charge is 0.497 e. The Morgan fingerprint density at radius 3 is 2.74 bits per heavy atom. The molecule has 0 bridgehead atoms. The standard InChI is InChI=1S/C14H12BrClFNO/c1-19-13-5-10(15)4-12(7-13)18-8-9-2-3-11(16)6-14(9)17/h2-7,18H,8H2,1H3. The summed E-state index contributed by atoms with van der Waals surface area (Å²) in [4.78, 5) is 0. The maximum absolute atomic E-state index is 13.6. The molecule has 0 atom stereocenters. The van der Waals surface area contributed by atoms with Crippen molar-refractivity contribution < 1.29 is 9.13 Å². The summed E-state index contributed by atoms with van der Waals surface area (Å²) < 4.78 is 19.7. The second-order valence-electron chi connectivity index (χ2n) is 3.97. The number of hydrogen-bond donors (Lipinski definition) is 1. The lowest BCUT2D eigenvalue weighted by Gasteiger charge is -2.10. The van der Waals surface area contributed by atoms with Crippen LogP contribution < -0.4 is 10.1 Å². The molecule has 2 nitrogen and oxygen atoms in total. The van der Waals surface area contributed by atoms with E-state index in [0.717, 1.165) is 15.9 Å². The highest BCUT2D eigenvalue weighted by molar-refractivity contribution is 9.10. The fourth-order valence-corrected chi connectivity index (χ4v) is 2.28. The molecular formula is C14H12BrClFNO. The summed E-state index contributed by atoms with van der Waals surface area (Å²) in [6.45, 7) is 0.378. The predicted molar refractivity (Wildman–Crippen MR) is 79.4 cm³/mol. The van der Waals surface area contributed by atoms with Crippen molar-refractivity contribution in [3.63, 3.8) is 0 Å². The third-order valence-electron chi connectivity index (χ3n) is 2.61. The maximum Gasteiger partial charge on any atom is 0.129 e. The van der Waals surface area contributed by atoms with Crippen molar-refractivity contribution in [1.29, 1.82) is 0 Å². The maximum atomic E-state index is 13.6. The SMILES string of the molecule is COc1cc(Br)cc(NCc2ccc(Cl)cc2F)c1. The molecule has 2 aromatic rings. The van der Waals surface area contributed by atoms with Crippen molar-refractivity contribution in [2.75, 3.05) is 12.4 Å². The van der Waals surface area contributed by atoms with E-state index in [2.05, 4.69) is 21.2 Å². The van der Waals surface area contributed by atoms with Crippen LogP contribution in [-0.4, -0.2) is 7.11 Å². The molecule has 0 amide bonds. The molecule has 0 radical (unpaired) electrons. The van der Waals surface area contributed by atoms with Crippen molar-refractivity contribution >= 4 is 33.2 Å². The quantitative estimate of drug-likeness (QED) is 0.855. The van der Waals surface area contributed by atoms with Crippen molar-refractivity contribution in [3.8, 4) is 5.75 Å². The third kappa shape index (κ3) is 3.85. The van der Waals surface area contributed by atoms with E-state index in [4.69, 9.17) is 16.3 Å². The van der Waals surface area contributed by atoms with Crippen molar-refractivity contribution in [3.05, 3.63) is 57.3 Å². The number of benzene rings is 2. The lowest BCUT2D eigenvalue weighted by Crippen LogP contribution is -2.02. The van der Waals surface area contributed by atoms with Gasteiger partial charge in [0.15, 0.2) is 0 Å². The molecule has 0 heterocycles. The number of hydrogen-bond acceptors (Lipinski definition) is 2. The van der Waals surface area contributed by atoms with Crippen molar-refractivity contribution in [2.24, 2.45) is 0 Å². The first-order valence-corrected chi connectivity index (χ1v) is 6.78. The number of nitrogens with one attached hydrogen (secondary N) is 1. The van der Waals surface area contributed by atoms with Gasteiger partial charge in [0.05, 0.1) is 7.11 Å². The Morgan fingerprint density at radius 1 is 1.26 bits per heavy atom. The molecule has 0 aliphatic rings. The Balaban J connectivity index is 2.12. The van der Waals surface area contributed by atoms with E-state index in [1.807, 2.05) is 18.2 Å². The average Bonchev–Trinajstić information content (AvgIpc) is 2.37. The molecule has 100 valence electrons. The minimum atomic E-state index is -0.318. The van der Waals surface area contributed by atoms with Crippen LogP contribution in [0.5, 0.6) is 5.75 Å². The fraction of sp³-hybridized carbons (Fsp3) is 0.143. The van der Waals surface area contributed by atoms with Gasteiger partial charge in [0, 0.05) is 33.4 Å². The van der Waals surface area contributed by atoms with Crippen LogP contribution in [-0.2, 0) is 6.54 Å². The molecule has 2 rings (SSSR count). The van der Waals surface area contributed by atoms with E-state index in [0.29, 0.717) is 17.1 Å². The lowest BCUT2D eigenvalue weighted by atomic mass is 10.2. The highest BCUT2D eigenvalue weighted by Gasteiger charge is 2.04. The Morgan fingerprint density at radius 2 is 2.05 bits per heavy atom. The van der Waals surface area contributed by atoms with E-state index >= 15 is 0 Å². The van der Waals surface area contributed by atoms with Gasteiger partial charge in [-0.05, 0) is 24.3 Å². The summed E-state index contributed by atoms with van der Waals surface area (Å²) in [5.41, 5.74) is 1.41. The van der Waals surface area contributed by atoms with Crippen LogP contribution in [0.2, 0.25) is 5.02 Å². The Labute approximate surface area is 124 Å². The van der Waals surface area contributed by atoms with Gasteiger partial charge in [0.1, 0.15) is 11.6 Å². The molecule has 2 aromatic carbocycles. The van der Waals surface area contributed by atoms with Crippen LogP contribution in [0.1, 0.15) is 5.56 Å². The molecule has 0 aliphatic carbocycles. The molecule has 0 aliphatic heterocycles. The van der Waals surface area contributed by atoms with Crippen LogP contribution >= 0.6 is 27.5 Å².